The zero-order chi connectivity index (χ0) is 29.5. The second-order valence-corrected chi connectivity index (χ2v) is 11.6. The van der Waals surface area contributed by atoms with Gasteiger partial charge in [0.15, 0.2) is 0 Å². The van der Waals surface area contributed by atoms with E-state index in [1.807, 2.05) is 24.4 Å². The molecule has 4 heteroatoms. The SMILES string of the molecule is c1cnc2c(c1)ccc1ccc(-c3cccc4c(-c5nc6ccc7c8ccccc8oc7c6c6ccccc56)cccc34)nc12. The van der Waals surface area contributed by atoms with Crippen molar-refractivity contribution < 1.29 is 4.42 Å². The van der Waals surface area contributed by atoms with E-state index in [0.717, 1.165) is 98.7 Å². The van der Waals surface area contributed by atoms with Crippen LogP contribution in [0.4, 0.5) is 0 Å². The van der Waals surface area contributed by atoms with Crippen LogP contribution in [0.25, 0.3) is 98.7 Å². The summed E-state index contributed by atoms with van der Waals surface area (Å²) >= 11 is 0. The van der Waals surface area contributed by atoms with Crippen LogP contribution in [0.15, 0.2) is 144 Å². The minimum absolute atomic E-state index is 0.883. The lowest BCUT2D eigenvalue weighted by molar-refractivity contribution is 0.673. The summed E-state index contributed by atoms with van der Waals surface area (Å²) in [5.41, 5.74) is 8.57. The number of fused-ring (bicyclic) bond motifs is 11. The quantitative estimate of drug-likeness (QED) is 0.193. The van der Waals surface area contributed by atoms with E-state index in [-0.39, 0.29) is 0 Å². The number of pyridine rings is 3. The van der Waals surface area contributed by atoms with Gasteiger partial charge < -0.3 is 4.42 Å². The van der Waals surface area contributed by atoms with Crippen molar-refractivity contribution in [3.05, 3.63) is 140 Å². The first-order chi connectivity index (χ1) is 22.3. The maximum atomic E-state index is 6.46. The molecule has 0 aliphatic heterocycles. The molecule has 4 heterocycles. The number of furan rings is 1. The van der Waals surface area contributed by atoms with Crippen LogP contribution in [0.2, 0.25) is 0 Å². The molecule has 0 atom stereocenters. The maximum absolute atomic E-state index is 6.46. The number of hydrogen-bond donors (Lipinski definition) is 0. The summed E-state index contributed by atoms with van der Waals surface area (Å²) in [6, 6.07) is 46.5. The highest BCUT2D eigenvalue weighted by Gasteiger charge is 2.18. The van der Waals surface area contributed by atoms with Crippen LogP contribution in [0, 0.1) is 0 Å². The van der Waals surface area contributed by atoms with Crippen LogP contribution < -0.4 is 0 Å². The highest BCUT2D eigenvalue weighted by molar-refractivity contribution is 6.24. The molecule has 10 aromatic rings. The van der Waals surface area contributed by atoms with Crippen molar-refractivity contribution in [2.24, 2.45) is 0 Å². The number of aromatic nitrogens is 3. The van der Waals surface area contributed by atoms with Gasteiger partial charge in [0, 0.05) is 44.3 Å². The van der Waals surface area contributed by atoms with Crippen LogP contribution in [0.1, 0.15) is 0 Å². The van der Waals surface area contributed by atoms with Crippen LogP contribution in [-0.4, -0.2) is 15.0 Å². The molecule has 208 valence electrons. The van der Waals surface area contributed by atoms with Crippen LogP contribution in [-0.2, 0) is 0 Å². The van der Waals surface area contributed by atoms with E-state index in [0.29, 0.717) is 0 Å². The van der Waals surface area contributed by atoms with Crippen molar-refractivity contribution in [1.29, 1.82) is 0 Å². The third kappa shape index (κ3) is 3.51. The molecule has 6 aromatic carbocycles. The van der Waals surface area contributed by atoms with E-state index in [1.165, 1.54) is 0 Å². The molecule has 0 radical (unpaired) electrons. The third-order valence-electron chi connectivity index (χ3n) is 9.09. The van der Waals surface area contributed by atoms with Gasteiger partial charge in [-0.25, -0.2) is 9.97 Å². The fourth-order valence-electron chi connectivity index (χ4n) is 7.04. The van der Waals surface area contributed by atoms with E-state index >= 15 is 0 Å². The van der Waals surface area contributed by atoms with Gasteiger partial charge in [-0.1, -0.05) is 103 Å². The molecule has 0 aliphatic carbocycles. The number of hydrogen-bond acceptors (Lipinski definition) is 4. The highest BCUT2D eigenvalue weighted by Crippen LogP contribution is 2.42. The molecule has 0 aliphatic rings. The molecule has 0 N–H and O–H groups in total. The van der Waals surface area contributed by atoms with Crippen LogP contribution in [0.5, 0.6) is 0 Å². The Balaban J connectivity index is 1.23. The predicted molar refractivity (Wildman–Crippen MR) is 186 cm³/mol. The Hall–Kier alpha value is -6.13. The Morgan fingerprint density at radius 3 is 2.04 bits per heavy atom. The smallest absolute Gasteiger partial charge is 0.145 e. The Bertz CT molecular complexity index is 2830. The van der Waals surface area contributed by atoms with Gasteiger partial charge in [-0.2, -0.15) is 0 Å². The summed E-state index contributed by atoms with van der Waals surface area (Å²) in [5.74, 6) is 0. The van der Waals surface area contributed by atoms with E-state index in [1.54, 1.807) is 0 Å². The topological polar surface area (TPSA) is 51.8 Å². The minimum atomic E-state index is 0.883. The summed E-state index contributed by atoms with van der Waals surface area (Å²) in [6.07, 6.45) is 1.83. The molecule has 0 unspecified atom stereocenters. The van der Waals surface area contributed by atoms with Crippen LogP contribution >= 0.6 is 0 Å². The van der Waals surface area contributed by atoms with Gasteiger partial charge in [-0.3, -0.25) is 4.98 Å². The number of nitrogens with zero attached hydrogens (tertiary/aromatic N) is 3. The van der Waals surface area contributed by atoms with E-state index in [9.17, 15) is 0 Å². The largest absolute Gasteiger partial charge is 0.455 e. The van der Waals surface area contributed by atoms with Crippen molar-refractivity contribution in [3.8, 4) is 22.5 Å². The van der Waals surface area contributed by atoms with E-state index < -0.39 is 0 Å². The summed E-state index contributed by atoms with van der Waals surface area (Å²) in [5, 5.41) is 9.94. The van der Waals surface area contributed by atoms with E-state index in [2.05, 4.69) is 120 Å². The summed E-state index contributed by atoms with van der Waals surface area (Å²) in [4.78, 5) is 15.2. The molecule has 0 bridgehead atoms. The van der Waals surface area contributed by atoms with Gasteiger partial charge in [0.1, 0.15) is 11.2 Å². The van der Waals surface area contributed by atoms with Crippen molar-refractivity contribution in [3.63, 3.8) is 0 Å². The molecule has 0 fully saturated rings. The lowest BCUT2D eigenvalue weighted by atomic mass is 9.93. The second kappa shape index (κ2) is 9.18. The van der Waals surface area contributed by atoms with Crippen molar-refractivity contribution in [2.75, 3.05) is 0 Å². The van der Waals surface area contributed by atoms with Crippen molar-refractivity contribution in [2.45, 2.75) is 0 Å². The average molecular weight is 574 g/mol. The molecular weight excluding hydrogens is 550 g/mol. The molecule has 4 aromatic heterocycles. The normalized spacial score (nSPS) is 12.0. The lowest BCUT2D eigenvalue weighted by Gasteiger charge is -2.14. The Morgan fingerprint density at radius 1 is 0.444 bits per heavy atom. The first-order valence-electron chi connectivity index (χ1n) is 15.1. The Kier molecular flexibility index (Phi) is 4.96. The minimum Gasteiger partial charge on any atom is -0.455 e. The fourth-order valence-corrected chi connectivity index (χ4v) is 7.04. The Labute approximate surface area is 257 Å². The first-order valence-corrected chi connectivity index (χ1v) is 15.1. The molecule has 0 saturated carbocycles. The summed E-state index contributed by atoms with van der Waals surface area (Å²) in [6.45, 7) is 0. The molecular formula is C41H23N3O. The van der Waals surface area contributed by atoms with Crippen molar-refractivity contribution in [1.82, 2.24) is 15.0 Å². The number of rotatable bonds is 2. The second-order valence-electron chi connectivity index (χ2n) is 11.6. The first kappa shape index (κ1) is 24.3. The molecule has 45 heavy (non-hydrogen) atoms. The molecule has 0 spiro atoms. The molecule has 0 amide bonds. The lowest BCUT2D eigenvalue weighted by Crippen LogP contribution is -1.93. The van der Waals surface area contributed by atoms with Gasteiger partial charge >= 0.3 is 0 Å². The summed E-state index contributed by atoms with van der Waals surface area (Å²) in [7, 11) is 0. The molecule has 4 nitrogen and oxygen atoms in total. The van der Waals surface area contributed by atoms with Gasteiger partial charge in [0.2, 0.25) is 0 Å². The zero-order valence-electron chi connectivity index (χ0n) is 24.0. The molecule has 0 saturated heterocycles. The van der Waals surface area contributed by atoms with Crippen LogP contribution in [0.3, 0.4) is 0 Å². The van der Waals surface area contributed by atoms with Gasteiger partial charge in [0.25, 0.3) is 0 Å². The summed E-state index contributed by atoms with van der Waals surface area (Å²) < 4.78 is 6.46. The Morgan fingerprint density at radius 2 is 1.16 bits per heavy atom. The van der Waals surface area contributed by atoms with Crippen molar-refractivity contribution >= 4 is 76.2 Å². The fraction of sp³-hybridized carbons (Fsp3) is 0. The predicted octanol–water partition coefficient (Wildman–Crippen LogP) is 10.9. The average Bonchev–Trinajstić information content (AvgIpc) is 3.49. The van der Waals surface area contributed by atoms with Gasteiger partial charge in [-0.15, -0.1) is 0 Å². The number of para-hydroxylation sites is 1. The van der Waals surface area contributed by atoms with Gasteiger partial charge in [-0.05, 0) is 46.5 Å². The monoisotopic (exact) mass is 573 g/mol. The maximum Gasteiger partial charge on any atom is 0.145 e. The molecule has 10 rings (SSSR count). The number of benzene rings is 6. The highest BCUT2D eigenvalue weighted by atomic mass is 16.3. The standard InChI is InChI=1S/C41H23N3O/c1-2-11-32-30(10-1)37-35(22-20-33-29-9-3-4-16-36(29)45-41(33)37)44-40(32)31-15-6-12-26-27(31)13-5-14-28(26)34-21-19-25-18-17-24-8-7-23-42-38(24)39(25)43-34/h1-23H. The third-order valence-corrected chi connectivity index (χ3v) is 9.09. The zero-order valence-corrected chi connectivity index (χ0v) is 24.0. The van der Waals surface area contributed by atoms with Gasteiger partial charge in [0.05, 0.1) is 33.3 Å². The van der Waals surface area contributed by atoms with E-state index in [4.69, 9.17) is 14.4 Å².